The van der Waals surface area contributed by atoms with Crippen LogP contribution in [0.4, 0.5) is 0 Å². The maximum absolute atomic E-state index is 11.0. The van der Waals surface area contributed by atoms with Crippen molar-refractivity contribution in [2.75, 3.05) is 14.2 Å². The van der Waals surface area contributed by atoms with Gasteiger partial charge in [-0.25, -0.2) is 0 Å². The van der Waals surface area contributed by atoms with Crippen molar-refractivity contribution in [3.63, 3.8) is 0 Å². The lowest BCUT2D eigenvalue weighted by atomic mass is 10.0. The van der Waals surface area contributed by atoms with Gasteiger partial charge in [-0.05, 0) is 56.7 Å². The van der Waals surface area contributed by atoms with Crippen LogP contribution in [0, 0.1) is 0 Å². The summed E-state index contributed by atoms with van der Waals surface area (Å²) in [5.74, 6) is 1.82. The van der Waals surface area contributed by atoms with Crippen LogP contribution in [0.25, 0.3) is 0 Å². The fourth-order valence-corrected chi connectivity index (χ4v) is 2.47. The zero-order chi connectivity index (χ0) is 16.4. The summed E-state index contributed by atoms with van der Waals surface area (Å²) in [5.41, 5.74) is 2.69. The van der Waals surface area contributed by atoms with Crippen LogP contribution >= 0.6 is 0 Å². The first-order chi connectivity index (χ1) is 10.6. The number of hydrogen-bond acceptors (Lipinski definition) is 3. The molecule has 122 valence electrons. The minimum atomic E-state index is 0.279. The molecule has 1 aromatic rings. The van der Waals surface area contributed by atoms with Crippen LogP contribution in [-0.4, -0.2) is 20.0 Å². The highest BCUT2D eigenvalue weighted by Crippen LogP contribution is 2.28. The summed E-state index contributed by atoms with van der Waals surface area (Å²) in [6.07, 6.45) is 8.05. The van der Waals surface area contributed by atoms with Crippen LogP contribution in [-0.2, 0) is 11.2 Å². The molecule has 0 fully saturated rings. The molecule has 0 heterocycles. The van der Waals surface area contributed by atoms with Crippen molar-refractivity contribution in [1.29, 1.82) is 0 Å². The highest BCUT2D eigenvalue weighted by Gasteiger charge is 2.04. The van der Waals surface area contributed by atoms with Crippen LogP contribution in [0.3, 0.4) is 0 Å². The van der Waals surface area contributed by atoms with Crippen LogP contribution in [0.1, 0.15) is 51.5 Å². The Morgan fingerprint density at radius 3 is 2.45 bits per heavy atom. The molecular weight excluding hydrogens is 276 g/mol. The summed E-state index contributed by atoms with van der Waals surface area (Å²) < 4.78 is 10.6. The molecule has 0 N–H and O–H groups in total. The largest absolute Gasteiger partial charge is 0.493 e. The van der Waals surface area contributed by atoms with Crippen molar-refractivity contribution in [3.8, 4) is 11.5 Å². The van der Waals surface area contributed by atoms with Gasteiger partial charge in [-0.2, -0.15) is 0 Å². The third-order valence-corrected chi connectivity index (χ3v) is 3.79. The Morgan fingerprint density at radius 2 is 1.86 bits per heavy atom. The summed E-state index contributed by atoms with van der Waals surface area (Å²) >= 11 is 0. The van der Waals surface area contributed by atoms with Crippen molar-refractivity contribution in [3.05, 3.63) is 35.4 Å². The second-order valence-electron chi connectivity index (χ2n) is 5.50. The van der Waals surface area contributed by atoms with Crippen molar-refractivity contribution >= 4 is 5.78 Å². The summed E-state index contributed by atoms with van der Waals surface area (Å²) in [5, 5.41) is 0. The van der Waals surface area contributed by atoms with Crippen LogP contribution in [0.2, 0.25) is 0 Å². The standard InChI is InChI=1S/C19H28O3/c1-5-16(9-6-8-15(2)20)10-7-11-17-12-13-18(21-3)19(14-17)22-4/h10,12-14H,5-9,11H2,1-4H3/b16-10+. The third-order valence-electron chi connectivity index (χ3n) is 3.79. The molecular formula is C19H28O3. The number of carbonyl (C=O) groups is 1. The van der Waals surface area contributed by atoms with Gasteiger partial charge in [0.15, 0.2) is 11.5 Å². The van der Waals surface area contributed by atoms with Gasteiger partial charge in [0.05, 0.1) is 14.2 Å². The molecule has 22 heavy (non-hydrogen) atoms. The number of Topliss-reactive ketones (excluding diaryl/α,β-unsaturated/α-hetero) is 1. The molecule has 3 nitrogen and oxygen atoms in total. The van der Waals surface area contributed by atoms with E-state index in [2.05, 4.69) is 19.1 Å². The van der Waals surface area contributed by atoms with Gasteiger partial charge in [0.1, 0.15) is 5.78 Å². The first-order valence-electron chi connectivity index (χ1n) is 7.99. The van der Waals surface area contributed by atoms with E-state index >= 15 is 0 Å². The Kier molecular flexibility index (Phi) is 8.34. The van der Waals surface area contributed by atoms with Crippen molar-refractivity contribution in [1.82, 2.24) is 0 Å². The van der Waals surface area contributed by atoms with E-state index in [-0.39, 0.29) is 5.78 Å². The molecule has 0 spiro atoms. The average molecular weight is 304 g/mol. The molecule has 0 bridgehead atoms. The topological polar surface area (TPSA) is 35.5 Å². The Bertz CT molecular complexity index is 503. The number of rotatable bonds is 10. The number of methoxy groups -OCH3 is 2. The molecule has 0 saturated carbocycles. The lowest BCUT2D eigenvalue weighted by molar-refractivity contribution is -0.117. The summed E-state index contributed by atoms with van der Waals surface area (Å²) in [6, 6.07) is 6.07. The van der Waals surface area contributed by atoms with Crippen molar-refractivity contribution in [2.45, 2.75) is 52.4 Å². The van der Waals surface area contributed by atoms with Crippen molar-refractivity contribution < 1.29 is 14.3 Å². The number of ketones is 1. The summed E-state index contributed by atoms with van der Waals surface area (Å²) in [7, 11) is 3.31. The van der Waals surface area contributed by atoms with Crippen LogP contribution in [0.15, 0.2) is 29.8 Å². The quantitative estimate of drug-likeness (QED) is 0.586. The minimum absolute atomic E-state index is 0.279. The molecule has 1 rings (SSSR count). The van der Waals surface area contributed by atoms with E-state index in [1.54, 1.807) is 21.1 Å². The monoisotopic (exact) mass is 304 g/mol. The predicted octanol–water partition coefficient (Wildman–Crippen LogP) is 4.73. The van der Waals surface area contributed by atoms with E-state index in [4.69, 9.17) is 9.47 Å². The Morgan fingerprint density at radius 1 is 1.14 bits per heavy atom. The average Bonchev–Trinajstić information content (AvgIpc) is 2.52. The van der Waals surface area contributed by atoms with Crippen LogP contribution in [0.5, 0.6) is 11.5 Å². The van der Waals surface area contributed by atoms with Gasteiger partial charge in [0.25, 0.3) is 0 Å². The number of benzene rings is 1. The van der Waals surface area contributed by atoms with E-state index in [0.717, 1.165) is 43.6 Å². The van der Waals surface area contributed by atoms with E-state index < -0.39 is 0 Å². The van der Waals surface area contributed by atoms with E-state index in [0.29, 0.717) is 6.42 Å². The highest BCUT2D eigenvalue weighted by molar-refractivity contribution is 5.75. The van der Waals surface area contributed by atoms with Gasteiger partial charge < -0.3 is 14.3 Å². The SMILES string of the molecule is CC/C(=C\CCc1ccc(OC)c(OC)c1)CCCC(C)=O. The van der Waals surface area contributed by atoms with Crippen molar-refractivity contribution in [2.24, 2.45) is 0 Å². The van der Waals surface area contributed by atoms with Gasteiger partial charge in [-0.15, -0.1) is 0 Å². The molecule has 0 amide bonds. The third kappa shape index (κ3) is 6.33. The second kappa shape index (κ2) is 10.0. The molecule has 0 aliphatic rings. The maximum atomic E-state index is 11.0. The zero-order valence-electron chi connectivity index (χ0n) is 14.3. The normalized spacial score (nSPS) is 11.4. The molecule has 0 atom stereocenters. The summed E-state index contributed by atoms with van der Waals surface area (Å²) in [4.78, 5) is 11.0. The van der Waals surface area contributed by atoms with E-state index in [9.17, 15) is 4.79 Å². The molecule has 0 aromatic heterocycles. The van der Waals surface area contributed by atoms with E-state index in [1.165, 1.54) is 11.1 Å². The van der Waals surface area contributed by atoms with Gasteiger partial charge in [0, 0.05) is 6.42 Å². The Balaban J connectivity index is 2.53. The lowest BCUT2D eigenvalue weighted by Crippen LogP contribution is -1.93. The zero-order valence-corrected chi connectivity index (χ0v) is 14.3. The fourth-order valence-electron chi connectivity index (χ4n) is 2.47. The predicted molar refractivity (Wildman–Crippen MR) is 90.8 cm³/mol. The molecule has 0 aliphatic heterocycles. The van der Waals surface area contributed by atoms with E-state index in [1.807, 2.05) is 12.1 Å². The second-order valence-corrected chi connectivity index (χ2v) is 5.50. The first-order valence-corrected chi connectivity index (χ1v) is 7.99. The first kappa shape index (κ1) is 18.3. The molecule has 1 aromatic carbocycles. The Labute approximate surface area is 134 Å². The van der Waals surface area contributed by atoms with Gasteiger partial charge >= 0.3 is 0 Å². The smallest absolute Gasteiger partial charge is 0.160 e. The van der Waals surface area contributed by atoms with Gasteiger partial charge in [-0.1, -0.05) is 24.6 Å². The fraction of sp³-hybridized carbons (Fsp3) is 0.526. The van der Waals surface area contributed by atoms with Gasteiger partial charge in [0.2, 0.25) is 0 Å². The molecule has 0 radical (unpaired) electrons. The highest BCUT2D eigenvalue weighted by atomic mass is 16.5. The van der Waals surface area contributed by atoms with Gasteiger partial charge in [-0.3, -0.25) is 0 Å². The number of aryl methyl sites for hydroxylation is 1. The number of hydrogen-bond donors (Lipinski definition) is 0. The summed E-state index contributed by atoms with van der Waals surface area (Å²) in [6.45, 7) is 3.84. The molecule has 0 aliphatic carbocycles. The molecule has 3 heteroatoms. The minimum Gasteiger partial charge on any atom is -0.493 e. The number of ether oxygens (including phenoxy) is 2. The number of allylic oxidation sites excluding steroid dienone is 2. The van der Waals surface area contributed by atoms with Crippen LogP contribution < -0.4 is 9.47 Å². The molecule has 0 unspecified atom stereocenters. The number of carbonyl (C=O) groups excluding carboxylic acids is 1. The maximum Gasteiger partial charge on any atom is 0.160 e. The molecule has 0 saturated heterocycles. The Hall–Kier alpha value is -1.77. The lowest BCUT2D eigenvalue weighted by Gasteiger charge is -2.09.